The topological polar surface area (TPSA) is 50.3 Å². The van der Waals surface area contributed by atoms with Crippen LogP contribution in [0.15, 0.2) is 12.1 Å². The number of hydrogen-bond acceptors (Lipinski definition) is 5. The summed E-state index contributed by atoms with van der Waals surface area (Å²) in [6.45, 7) is 14.1. The molecule has 0 unspecified atom stereocenters. The second-order valence-corrected chi connectivity index (χ2v) is 5.42. The third-order valence-electron chi connectivity index (χ3n) is 3.18. The molecular formula is C15H28N4O. The van der Waals surface area contributed by atoms with Gasteiger partial charge in [0.05, 0.1) is 5.69 Å². The Morgan fingerprint density at radius 2 is 1.85 bits per heavy atom. The lowest BCUT2D eigenvalue weighted by Gasteiger charge is -2.30. The second kappa shape index (κ2) is 8.87. The van der Waals surface area contributed by atoms with E-state index in [1.165, 1.54) is 0 Å². The fourth-order valence-corrected chi connectivity index (χ4v) is 2.14. The molecule has 0 bridgehead atoms. The van der Waals surface area contributed by atoms with Crippen molar-refractivity contribution >= 4 is 0 Å². The lowest BCUT2D eigenvalue weighted by Crippen LogP contribution is -2.39. The van der Waals surface area contributed by atoms with E-state index in [-0.39, 0.29) is 0 Å². The molecule has 0 saturated carbocycles. The standard InChI is InChI=1S/C15H28N4O/c1-6-16-11-14-7-8-15(18-17-14)20-10-9-19(12(2)3)13(4)5/h7-8,12-13,16H,6,9-11H2,1-5H3. The van der Waals surface area contributed by atoms with Crippen molar-refractivity contribution in [2.45, 2.75) is 53.2 Å². The minimum atomic E-state index is 0.521. The highest BCUT2D eigenvalue weighted by molar-refractivity contribution is 5.11. The molecule has 5 nitrogen and oxygen atoms in total. The fourth-order valence-electron chi connectivity index (χ4n) is 2.14. The van der Waals surface area contributed by atoms with Crippen LogP contribution in [-0.4, -0.2) is 46.9 Å². The second-order valence-electron chi connectivity index (χ2n) is 5.42. The van der Waals surface area contributed by atoms with Crippen LogP contribution in [0.5, 0.6) is 5.88 Å². The average molecular weight is 280 g/mol. The molecule has 1 aromatic heterocycles. The maximum atomic E-state index is 5.66. The number of hydrogen-bond donors (Lipinski definition) is 1. The van der Waals surface area contributed by atoms with Crippen molar-refractivity contribution in [1.29, 1.82) is 0 Å². The Hall–Kier alpha value is -1.20. The summed E-state index contributed by atoms with van der Waals surface area (Å²) in [5.41, 5.74) is 0.935. The molecule has 0 saturated heterocycles. The number of nitrogens with zero attached hydrogens (tertiary/aromatic N) is 3. The molecule has 0 aliphatic carbocycles. The average Bonchev–Trinajstić information content (AvgIpc) is 2.41. The monoisotopic (exact) mass is 280 g/mol. The molecule has 0 atom stereocenters. The van der Waals surface area contributed by atoms with E-state index in [1.807, 2.05) is 12.1 Å². The van der Waals surface area contributed by atoms with Crippen molar-refractivity contribution in [1.82, 2.24) is 20.4 Å². The highest BCUT2D eigenvalue weighted by Gasteiger charge is 2.12. The third kappa shape index (κ3) is 5.84. The first-order valence-electron chi connectivity index (χ1n) is 7.46. The highest BCUT2D eigenvalue weighted by Crippen LogP contribution is 2.07. The van der Waals surface area contributed by atoms with Crippen molar-refractivity contribution < 1.29 is 4.74 Å². The predicted molar refractivity (Wildman–Crippen MR) is 81.9 cm³/mol. The molecule has 0 amide bonds. The van der Waals surface area contributed by atoms with E-state index in [9.17, 15) is 0 Å². The minimum Gasteiger partial charge on any atom is -0.475 e. The largest absolute Gasteiger partial charge is 0.475 e. The van der Waals surface area contributed by atoms with Crippen LogP contribution < -0.4 is 10.1 Å². The smallest absolute Gasteiger partial charge is 0.233 e. The summed E-state index contributed by atoms with van der Waals surface area (Å²) in [6.07, 6.45) is 0. The van der Waals surface area contributed by atoms with Crippen molar-refractivity contribution in [3.63, 3.8) is 0 Å². The van der Waals surface area contributed by atoms with Crippen molar-refractivity contribution in [2.24, 2.45) is 0 Å². The van der Waals surface area contributed by atoms with Crippen LogP contribution in [0.3, 0.4) is 0 Å². The lowest BCUT2D eigenvalue weighted by molar-refractivity contribution is 0.139. The Balaban J connectivity index is 2.38. The fraction of sp³-hybridized carbons (Fsp3) is 0.733. The van der Waals surface area contributed by atoms with Crippen molar-refractivity contribution in [3.05, 3.63) is 17.8 Å². The predicted octanol–water partition coefficient (Wildman–Crippen LogP) is 2.08. The normalized spacial score (nSPS) is 11.6. The zero-order chi connectivity index (χ0) is 15.0. The van der Waals surface area contributed by atoms with Gasteiger partial charge in [-0.3, -0.25) is 4.90 Å². The van der Waals surface area contributed by atoms with Crippen LogP contribution in [0, 0.1) is 0 Å². The number of nitrogens with one attached hydrogen (secondary N) is 1. The van der Waals surface area contributed by atoms with E-state index >= 15 is 0 Å². The van der Waals surface area contributed by atoms with Crippen molar-refractivity contribution in [3.8, 4) is 5.88 Å². The van der Waals surface area contributed by atoms with Gasteiger partial charge in [0.25, 0.3) is 0 Å². The maximum Gasteiger partial charge on any atom is 0.233 e. The summed E-state index contributed by atoms with van der Waals surface area (Å²) in [5, 5.41) is 11.4. The molecule has 1 aromatic rings. The van der Waals surface area contributed by atoms with Gasteiger partial charge in [0, 0.05) is 31.2 Å². The van der Waals surface area contributed by atoms with E-state index in [0.29, 0.717) is 24.6 Å². The highest BCUT2D eigenvalue weighted by atomic mass is 16.5. The van der Waals surface area contributed by atoms with E-state index < -0.39 is 0 Å². The molecule has 0 aromatic carbocycles. The first-order valence-corrected chi connectivity index (χ1v) is 7.46. The molecule has 114 valence electrons. The molecule has 1 heterocycles. The SMILES string of the molecule is CCNCc1ccc(OCCN(C(C)C)C(C)C)nn1. The zero-order valence-corrected chi connectivity index (χ0v) is 13.4. The minimum absolute atomic E-state index is 0.521. The Morgan fingerprint density at radius 3 is 2.35 bits per heavy atom. The van der Waals surface area contributed by atoms with Gasteiger partial charge < -0.3 is 10.1 Å². The molecule has 0 fully saturated rings. The van der Waals surface area contributed by atoms with E-state index in [2.05, 4.69) is 55.0 Å². The van der Waals surface area contributed by atoms with Crippen molar-refractivity contribution in [2.75, 3.05) is 19.7 Å². The summed E-state index contributed by atoms with van der Waals surface area (Å²) >= 11 is 0. The van der Waals surface area contributed by atoms with Gasteiger partial charge in [-0.25, -0.2) is 0 Å². The molecule has 20 heavy (non-hydrogen) atoms. The van der Waals surface area contributed by atoms with Gasteiger partial charge in [-0.1, -0.05) is 6.92 Å². The van der Waals surface area contributed by atoms with Gasteiger partial charge in [0.15, 0.2) is 0 Å². The Kier molecular flexibility index (Phi) is 7.47. The molecule has 0 radical (unpaired) electrons. The summed E-state index contributed by atoms with van der Waals surface area (Å²) in [7, 11) is 0. The molecule has 0 spiro atoms. The summed E-state index contributed by atoms with van der Waals surface area (Å²) in [4.78, 5) is 2.40. The van der Waals surface area contributed by atoms with Crippen LogP contribution >= 0.6 is 0 Å². The van der Waals surface area contributed by atoms with Crippen LogP contribution in [0.2, 0.25) is 0 Å². The van der Waals surface area contributed by atoms with Gasteiger partial charge >= 0.3 is 0 Å². The summed E-state index contributed by atoms with van der Waals surface area (Å²) < 4.78 is 5.66. The zero-order valence-electron chi connectivity index (χ0n) is 13.4. The van der Waals surface area contributed by atoms with Crippen LogP contribution in [0.25, 0.3) is 0 Å². The Labute approximate surface area is 122 Å². The molecule has 0 aliphatic rings. The van der Waals surface area contributed by atoms with E-state index in [4.69, 9.17) is 4.74 Å². The maximum absolute atomic E-state index is 5.66. The first-order chi connectivity index (χ1) is 9.54. The summed E-state index contributed by atoms with van der Waals surface area (Å²) in [6, 6.07) is 4.88. The van der Waals surface area contributed by atoms with Gasteiger partial charge in [-0.15, -0.1) is 5.10 Å². The quantitative estimate of drug-likeness (QED) is 0.750. The molecule has 1 rings (SSSR count). The Morgan fingerprint density at radius 1 is 1.15 bits per heavy atom. The molecular weight excluding hydrogens is 252 g/mol. The third-order valence-corrected chi connectivity index (χ3v) is 3.18. The van der Waals surface area contributed by atoms with Crippen LogP contribution in [0.4, 0.5) is 0 Å². The van der Waals surface area contributed by atoms with Gasteiger partial charge in [0.1, 0.15) is 6.61 Å². The number of rotatable bonds is 9. The van der Waals surface area contributed by atoms with Crippen LogP contribution in [0.1, 0.15) is 40.3 Å². The van der Waals surface area contributed by atoms with Gasteiger partial charge in [-0.05, 0) is 40.3 Å². The van der Waals surface area contributed by atoms with Gasteiger partial charge in [-0.2, -0.15) is 5.10 Å². The van der Waals surface area contributed by atoms with E-state index in [1.54, 1.807) is 0 Å². The summed E-state index contributed by atoms with van der Waals surface area (Å²) in [5.74, 6) is 0.595. The van der Waals surface area contributed by atoms with Gasteiger partial charge in [0.2, 0.25) is 5.88 Å². The first kappa shape index (κ1) is 16.9. The van der Waals surface area contributed by atoms with Crippen LogP contribution in [-0.2, 0) is 6.54 Å². The Bertz CT molecular complexity index is 357. The van der Waals surface area contributed by atoms with E-state index in [0.717, 1.165) is 25.3 Å². The number of aromatic nitrogens is 2. The molecule has 1 N–H and O–H groups in total. The molecule has 0 aliphatic heterocycles. The molecule has 5 heteroatoms. The number of ether oxygens (including phenoxy) is 1. The lowest BCUT2D eigenvalue weighted by atomic mass is 10.2.